The number of hydrogen-bond acceptors (Lipinski definition) is 4. The molecule has 1 saturated heterocycles. The summed E-state index contributed by atoms with van der Waals surface area (Å²) >= 11 is 2.05. The Morgan fingerprint density at radius 1 is 1.68 bits per heavy atom. The lowest BCUT2D eigenvalue weighted by atomic mass is 10.1. The van der Waals surface area contributed by atoms with Crippen molar-refractivity contribution < 1.29 is 4.74 Å². The van der Waals surface area contributed by atoms with Crippen LogP contribution in [0.2, 0.25) is 0 Å². The number of halogens is 1. The third-order valence-electron chi connectivity index (χ3n) is 3.50. The Kier molecular flexibility index (Phi) is 5.35. The van der Waals surface area contributed by atoms with Gasteiger partial charge >= 0.3 is 0 Å². The van der Waals surface area contributed by atoms with Crippen LogP contribution in [0.4, 0.5) is 0 Å². The fraction of sp³-hybridized carbons (Fsp3) is 0.692. The SMILES string of the molecule is Cc1ncn(CCNC(C)C2CCCO2)c(=O)c1I. The molecule has 0 aromatic carbocycles. The van der Waals surface area contributed by atoms with Crippen LogP contribution < -0.4 is 10.9 Å². The summed E-state index contributed by atoms with van der Waals surface area (Å²) in [6, 6.07) is 0.329. The summed E-state index contributed by atoms with van der Waals surface area (Å²) in [5.41, 5.74) is 0.835. The molecule has 0 bridgehead atoms. The second kappa shape index (κ2) is 6.81. The highest BCUT2D eigenvalue weighted by Crippen LogP contribution is 2.15. The van der Waals surface area contributed by atoms with Crippen molar-refractivity contribution in [2.75, 3.05) is 13.2 Å². The molecule has 5 nitrogen and oxygen atoms in total. The molecule has 0 amide bonds. The number of aromatic nitrogens is 2. The molecular weight excluding hydrogens is 357 g/mol. The number of nitrogens with zero attached hydrogens (tertiary/aromatic N) is 2. The zero-order valence-corrected chi connectivity index (χ0v) is 13.5. The van der Waals surface area contributed by atoms with Gasteiger partial charge in [0.25, 0.3) is 5.56 Å². The topological polar surface area (TPSA) is 56.1 Å². The lowest BCUT2D eigenvalue weighted by Crippen LogP contribution is -2.39. The molecular formula is C13H20IN3O2. The van der Waals surface area contributed by atoms with E-state index in [0.717, 1.165) is 31.7 Å². The molecule has 2 heterocycles. The van der Waals surface area contributed by atoms with Crippen molar-refractivity contribution in [3.05, 3.63) is 25.9 Å². The van der Waals surface area contributed by atoms with Crippen LogP contribution in [0.5, 0.6) is 0 Å². The van der Waals surface area contributed by atoms with E-state index < -0.39 is 0 Å². The summed E-state index contributed by atoms with van der Waals surface area (Å²) in [6.07, 6.45) is 4.21. The first-order valence-corrected chi connectivity index (χ1v) is 7.74. The van der Waals surface area contributed by atoms with E-state index in [-0.39, 0.29) is 5.56 Å². The van der Waals surface area contributed by atoms with Crippen LogP contribution in [-0.2, 0) is 11.3 Å². The van der Waals surface area contributed by atoms with Crippen molar-refractivity contribution >= 4 is 22.6 Å². The first-order valence-electron chi connectivity index (χ1n) is 6.66. The van der Waals surface area contributed by atoms with Crippen LogP contribution in [0.25, 0.3) is 0 Å². The zero-order chi connectivity index (χ0) is 13.8. The predicted octanol–water partition coefficient (Wildman–Crippen LogP) is 1.31. The highest BCUT2D eigenvalue weighted by atomic mass is 127. The van der Waals surface area contributed by atoms with Gasteiger partial charge in [0, 0.05) is 25.7 Å². The molecule has 2 unspecified atom stereocenters. The molecule has 2 rings (SSSR count). The Balaban J connectivity index is 1.85. The summed E-state index contributed by atoms with van der Waals surface area (Å²) < 4.78 is 7.99. The molecule has 19 heavy (non-hydrogen) atoms. The predicted molar refractivity (Wildman–Crippen MR) is 82.4 cm³/mol. The molecule has 0 saturated carbocycles. The molecule has 1 fully saturated rings. The van der Waals surface area contributed by atoms with Gasteiger partial charge in [0.15, 0.2) is 0 Å². The third-order valence-corrected chi connectivity index (χ3v) is 4.74. The first kappa shape index (κ1) is 14.9. The van der Waals surface area contributed by atoms with E-state index in [1.54, 1.807) is 10.9 Å². The maximum absolute atomic E-state index is 12.0. The second-order valence-electron chi connectivity index (χ2n) is 4.94. The Labute approximate surface area is 126 Å². The van der Waals surface area contributed by atoms with Gasteiger partial charge < -0.3 is 10.1 Å². The highest BCUT2D eigenvalue weighted by molar-refractivity contribution is 14.1. The lowest BCUT2D eigenvalue weighted by Gasteiger charge is -2.20. The van der Waals surface area contributed by atoms with E-state index in [4.69, 9.17) is 4.74 Å². The van der Waals surface area contributed by atoms with Gasteiger partial charge in [-0.25, -0.2) is 4.98 Å². The largest absolute Gasteiger partial charge is 0.377 e. The standard InChI is InChI=1S/C13H20IN3O2/c1-9(11-4-3-7-19-11)15-5-6-17-8-16-10(2)12(14)13(17)18/h8-9,11,15H,3-7H2,1-2H3. The number of aryl methyl sites for hydroxylation is 1. The van der Waals surface area contributed by atoms with E-state index in [1.807, 2.05) is 6.92 Å². The molecule has 0 aliphatic carbocycles. The van der Waals surface area contributed by atoms with Crippen molar-refractivity contribution in [3.8, 4) is 0 Å². The molecule has 6 heteroatoms. The van der Waals surface area contributed by atoms with Crippen molar-refractivity contribution in [3.63, 3.8) is 0 Å². The van der Waals surface area contributed by atoms with Crippen LogP contribution in [0.3, 0.4) is 0 Å². The minimum absolute atomic E-state index is 0.0414. The summed E-state index contributed by atoms with van der Waals surface area (Å²) in [5.74, 6) is 0. The van der Waals surface area contributed by atoms with E-state index >= 15 is 0 Å². The number of hydrogen-bond donors (Lipinski definition) is 1. The van der Waals surface area contributed by atoms with Crippen LogP contribution >= 0.6 is 22.6 Å². The van der Waals surface area contributed by atoms with Crippen LogP contribution in [0, 0.1) is 10.5 Å². The number of ether oxygens (including phenoxy) is 1. The van der Waals surface area contributed by atoms with Gasteiger partial charge in [-0.1, -0.05) is 0 Å². The van der Waals surface area contributed by atoms with E-state index in [1.165, 1.54) is 0 Å². The molecule has 1 aromatic heterocycles. The first-order chi connectivity index (χ1) is 9.09. The van der Waals surface area contributed by atoms with Gasteiger partial charge in [-0.05, 0) is 49.3 Å². The molecule has 106 valence electrons. The van der Waals surface area contributed by atoms with Gasteiger partial charge in [-0.15, -0.1) is 0 Å². The van der Waals surface area contributed by atoms with Crippen LogP contribution in [0.1, 0.15) is 25.5 Å². The molecule has 0 spiro atoms. The molecule has 1 N–H and O–H groups in total. The van der Waals surface area contributed by atoms with Gasteiger partial charge in [-0.3, -0.25) is 9.36 Å². The molecule has 0 radical (unpaired) electrons. The monoisotopic (exact) mass is 377 g/mol. The summed E-state index contributed by atoms with van der Waals surface area (Å²) in [7, 11) is 0. The van der Waals surface area contributed by atoms with Gasteiger partial charge in [0.2, 0.25) is 0 Å². The smallest absolute Gasteiger partial charge is 0.267 e. The Bertz CT molecular complexity index is 483. The highest BCUT2D eigenvalue weighted by Gasteiger charge is 2.21. The Hall–Kier alpha value is -0.470. The average molecular weight is 377 g/mol. The van der Waals surface area contributed by atoms with Crippen LogP contribution in [0.15, 0.2) is 11.1 Å². The average Bonchev–Trinajstić information content (AvgIpc) is 2.92. The van der Waals surface area contributed by atoms with Crippen molar-refractivity contribution in [1.82, 2.24) is 14.9 Å². The number of nitrogens with one attached hydrogen (secondary N) is 1. The fourth-order valence-electron chi connectivity index (χ4n) is 2.25. The fourth-order valence-corrected chi connectivity index (χ4v) is 2.70. The molecule has 1 aromatic rings. The van der Waals surface area contributed by atoms with Crippen molar-refractivity contribution in [2.45, 2.75) is 45.4 Å². The van der Waals surface area contributed by atoms with E-state index in [9.17, 15) is 4.79 Å². The summed E-state index contributed by atoms with van der Waals surface area (Å²) in [6.45, 7) is 6.25. The Morgan fingerprint density at radius 3 is 3.16 bits per heavy atom. The minimum atomic E-state index is 0.0414. The Morgan fingerprint density at radius 2 is 2.47 bits per heavy atom. The van der Waals surface area contributed by atoms with Gasteiger partial charge in [0.05, 0.1) is 21.7 Å². The van der Waals surface area contributed by atoms with E-state index in [2.05, 4.69) is 39.8 Å². The third kappa shape index (κ3) is 3.76. The molecule has 1 aliphatic heterocycles. The normalized spacial score (nSPS) is 20.7. The van der Waals surface area contributed by atoms with Crippen molar-refractivity contribution in [2.24, 2.45) is 0 Å². The lowest BCUT2D eigenvalue weighted by molar-refractivity contribution is 0.0835. The zero-order valence-electron chi connectivity index (χ0n) is 11.4. The summed E-state index contributed by atoms with van der Waals surface area (Å²) in [5, 5.41) is 3.42. The van der Waals surface area contributed by atoms with E-state index in [0.29, 0.717) is 22.3 Å². The maximum Gasteiger partial charge on any atom is 0.267 e. The van der Waals surface area contributed by atoms with Crippen LogP contribution in [-0.4, -0.2) is 34.8 Å². The molecule has 1 aliphatic rings. The van der Waals surface area contributed by atoms with Gasteiger partial charge in [0.1, 0.15) is 0 Å². The second-order valence-corrected chi connectivity index (χ2v) is 6.02. The summed E-state index contributed by atoms with van der Waals surface area (Å²) in [4.78, 5) is 16.2. The van der Waals surface area contributed by atoms with Gasteiger partial charge in [-0.2, -0.15) is 0 Å². The maximum atomic E-state index is 12.0. The quantitative estimate of drug-likeness (QED) is 0.787. The number of rotatable bonds is 5. The van der Waals surface area contributed by atoms with Crippen molar-refractivity contribution in [1.29, 1.82) is 0 Å². The molecule has 2 atom stereocenters. The minimum Gasteiger partial charge on any atom is -0.377 e.